The molecule has 0 saturated carbocycles. The lowest BCUT2D eigenvalue weighted by molar-refractivity contribution is -0.137. The fourth-order valence-electron chi connectivity index (χ4n) is 0.770. The second-order valence-corrected chi connectivity index (χ2v) is 3.22. The van der Waals surface area contributed by atoms with Gasteiger partial charge in [-0.15, -0.1) is 24.2 Å². The molecule has 1 saturated heterocycles. The van der Waals surface area contributed by atoms with Gasteiger partial charge < -0.3 is 10.4 Å². The van der Waals surface area contributed by atoms with E-state index >= 15 is 0 Å². The fraction of sp³-hybridized carbons (Fsp3) is 0.800. The van der Waals surface area contributed by atoms with Gasteiger partial charge in [0.25, 0.3) is 0 Å². The van der Waals surface area contributed by atoms with Crippen molar-refractivity contribution in [1.29, 1.82) is 0 Å². The highest BCUT2D eigenvalue weighted by molar-refractivity contribution is 8.00. The molecule has 1 heterocycles. The van der Waals surface area contributed by atoms with Crippen LogP contribution < -0.4 is 5.32 Å². The van der Waals surface area contributed by atoms with Gasteiger partial charge in [-0.05, 0) is 0 Å². The summed E-state index contributed by atoms with van der Waals surface area (Å²) in [7, 11) is 0. The Morgan fingerprint density at radius 2 is 2.50 bits per heavy atom. The Labute approximate surface area is 70.0 Å². The van der Waals surface area contributed by atoms with Crippen LogP contribution in [0, 0.1) is 0 Å². The van der Waals surface area contributed by atoms with Gasteiger partial charge in [-0.25, -0.2) is 0 Å². The molecule has 1 unspecified atom stereocenters. The molecule has 60 valence electrons. The lowest BCUT2D eigenvalue weighted by atomic mass is 10.4. The zero-order chi connectivity index (χ0) is 6.69. The van der Waals surface area contributed by atoms with Crippen molar-refractivity contribution in [2.24, 2.45) is 0 Å². The average Bonchev–Trinajstić information content (AvgIpc) is 2.15. The fourth-order valence-corrected chi connectivity index (χ4v) is 1.79. The standard InChI is InChI=1S/C5H9NO2S.ClH/c7-5(8)3-4-6-1-2-9-4;/h4,6H,1-3H2,(H,7,8);1H. The molecule has 0 radical (unpaired) electrons. The number of carboxylic acids is 1. The SMILES string of the molecule is Cl.O=C(O)CC1NCCS1. The van der Waals surface area contributed by atoms with Crippen molar-refractivity contribution >= 4 is 30.1 Å². The van der Waals surface area contributed by atoms with E-state index in [1.165, 1.54) is 0 Å². The van der Waals surface area contributed by atoms with Crippen LogP contribution in [0.15, 0.2) is 0 Å². The molecule has 0 aliphatic carbocycles. The van der Waals surface area contributed by atoms with Crippen molar-refractivity contribution in [2.75, 3.05) is 12.3 Å². The summed E-state index contributed by atoms with van der Waals surface area (Å²) in [6.07, 6.45) is 0.241. The van der Waals surface area contributed by atoms with Crippen molar-refractivity contribution in [3.8, 4) is 0 Å². The number of hydrogen-bond acceptors (Lipinski definition) is 3. The van der Waals surface area contributed by atoms with E-state index in [4.69, 9.17) is 5.11 Å². The normalized spacial score (nSPS) is 23.8. The summed E-state index contributed by atoms with van der Waals surface area (Å²) in [6, 6.07) is 0. The number of nitrogens with one attached hydrogen (secondary N) is 1. The number of carbonyl (C=O) groups is 1. The maximum atomic E-state index is 10.1. The molecule has 3 nitrogen and oxygen atoms in total. The van der Waals surface area contributed by atoms with Crippen LogP contribution in [0.1, 0.15) is 6.42 Å². The molecule has 0 spiro atoms. The average molecular weight is 184 g/mol. The Hall–Kier alpha value is 0.0700. The molecule has 0 amide bonds. The van der Waals surface area contributed by atoms with E-state index in [9.17, 15) is 4.79 Å². The van der Waals surface area contributed by atoms with Crippen LogP contribution in [-0.2, 0) is 4.79 Å². The van der Waals surface area contributed by atoms with Crippen LogP contribution in [0.3, 0.4) is 0 Å². The molecule has 0 bridgehead atoms. The molecule has 1 aliphatic heterocycles. The molecular formula is C5H10ClNO2S. The topological polar surface area (TPSA) is 49.3 Å². The number of hydrogen-bond donors (Lipinski definition) is 2. The third kappa shape index (κ3) is 3.29. The van der Waals surface area contributed by atoms with E-state index in [1.807, 2.05) is 0 Å². The highest BCUT2D eigenvalue weighted by Crippen LogP contribution is 2.16. The predicted molar refractivity (Wildman–Crippen MR) is 43.7 cm³/mol. The van der Waals surface area contributed by atoms with Crippen molar-refractivity contribution in [3.05, 3.63) is 0 Å². The minimum atomic E-state index is -0.720. The number of aliphatic carboxylic acids is 1. The van der Waals surface area contributed by atoms with Crippen LogP contribution in [0.4, 0.5) is 0 Å². The van der Waals surface area contributed by atoms with Gasteiger partial charge in [0.2, 0.25) is 0 Å². The molecule has 1 atom stereocenters. The van der Waals surface area contributed by atoms with Crippen LogP contribution >= 0.6 is 24.2 Å². The molecule has 0 aromatic carbocycles. The lowest BCUT2D eigenvalue weighted by Gasteiger charge is -2.02. The highest BCUT2D eigenvalue weighted by atomic mass is 35.5. The minimum absolute atomic E-state index is 0. The van der Waals surface area contributed by atoms with Crippen LogP contribution in [-0.4, -0.2) is 28.7 Å². The molecular weight excluding hydrogens is 174 g/mol. The number of thioether (sulfide) groups is 1. The first-order valence-electron chi connectivity index (χ1n) is 2.86. The third-order valence-electron chi connectivity index (χ3n) is 1.15. The summed E-state index contributed by atoms with van der Waals surface area (Å²) in [5, 5.41) is 11.5. The first kappa shape index (κ1) is 10.1. The molecule has 1 rings (SSSR count). The Balaban J connectivity index is 0.000000810. The van der Waals surface area contributed by atoms with E-state index in [0.29, 0.717) is 0 Å². The quantitative estimate of drug-likeness (QED) is 0.657. The summed E-state index contributed by atoms with van der Waals surface area (Å²) < 4.78 is 0. The molecule has 1 fully saturated rings. The highest BCUT2D eigenvalue weighted by Gasteiger charge is 2.16. The van der Waals surface area contributed by atoms with E-state index < -0.39 is 5.97 Å². The molecule has 10 heavy (non-hydrogen) atoms. The van der Waals surface area contributed by atoms with E-state index in [0.717, 1.165) is 12.3 Å². The monoisotopic (exact) mass is 183 g/mol. The maximum Gasteiger partial charge on any atom is 0.305 e. The first-order chi connectivity index (χ1) is 4.29. The largest absolute Gasteiger partial charge is 0.481 e. The smallest absolute Gasteiger partial charge is 0.305 e. The van der Waals surface area contributed by atoms with Gasteiger partial charge in [0, 0.05) is 12.3 Å². The van der Waals surface area contributed by atoms with E-state index in [2.05, 4.69) is 5.32 Å². The maximum absolute atomic E-state index is 10.1. The van der Waals surface area contributed by atoms with Gasteiger partial charge >= 0.3 is 5.97 Å². The van der Waals surface area contributed by atoms with Gasteiger partial charge in [0.1, 0.15) is 0 Å². The number of halogens is 1. The third-order valence-corrected chi connectivity index (χ3v) is 2.33. The van der Waals surface area contributed by atoms with Crippen molar-refractivity contribution in [1.82, 2.24) is 5.32 Å². The molecule has 5 heteroatoms. The zero-order valence-corrected chi connectivity index (χ0v) is 7.00. The van der Waals surface area contributed by atoms with Crippen molar-refractivity contribution < 1.29 is 9.90 Å². The number of rotatable bonds is 2. The number of carboxylic acid groups (broad SMARTS) is 1. The zero-order valence-electron chi connectivity index (χ0n) is 5.37. The minimum Gasteiger partial charge on any atom is -0.481 e. The van der Waals surface area contributed by atoms with Gasteiger partial charge in [-0.1, -0.05) is 0 Å². The first-order valence-corrected chi connectivity index (χ1v) is 3.90. The summed E-state index contributed by atoms with van der Waals surface area (Å²) in [5.41, 5.74) is 0. The molecule has 2 N–H and O–H groups in total. The Bertz CT molecular complexity index is 116. The van der Waals surface area contributed by atoms with Crippen molar-refractivity contribution in [2.45, 2.75) is 11.8 Å². The lowest BCUT2D eigenvalue weighted by Crippen LogP contribution is -2.22. The Morgan fingerprint density at radius 3 is 2.90 bits per heavy atom. The van der Waals surface area contributed by atoms with Crippen molar-refractivity contribution in [3.63, 3.8) is 0 Å². The Kier molecular flexibility index (Phi) is 4.85. The van der Waals surface area contributed by atoms with Crippen LogP contribution in [0.5, 0.6) is 0 Å². The predicted octanol–water partition coefficient (Wildman–Crippen LogP) is 0.545. The van der Waals surface area contributed by atoms with E-state index in [1.54, 1.807) is 11.8 Å². The Morgan fingerprint density at radius 1 is 1.80 bits per heavy atom. The van der Waals surface area contributed by atoms with E-state index in [-0.39, 0.29) is 24.2 Å². The van der Waals surface area contributed by atoms with Gasteiger partial charge in [-0.2, -0.15) is 0 Å². The summed E-state index contributed by atoms with van der Waals surface area (Å²) >= 11 is 1.68. The van der Waals surface area contributed by atoms with Gasteiger partial charge in [-0.3, -0.25) is 4.79 Å². The van der Waals surface area contributed by atoms with Crippen LogP contribution in [0.25, 0.3) is 0 Å². The summed E-state index contributed by atoms with van der Waals surface area (Å²) in [5.74, 6) is 0.319. The summed E-state index contributed by atoms with van der Waals surface area (Å²) in [6.45, 7) is 0.947. The molecule has 0 aromatic rings. The second kappa shape index (κ2) is 4.82. The summed E-state index contributed by atoms with van der Waals surface area (Å²) in [4.78, 5) is 10.1. The molecule has 1 aliphatic rings. The van der Waals surface area contributed by atoms with Crippen LogP contribution in [0.2, 0.25) is 0 Å². The molecule has 0 aromatic heterocycles. The van der Waals surface area contributed by atoms with Gasteiger partial charge in [0.05, 0.1) is 11.8 Å². The van der Waals surface area contributed by atoms with Gasteiger partial charge in [0.15, 0.2) is 0 Å². The second-order valence-electron chi connectivity index (χ2n) is 1.91.